The van der Waals surface area contributed by atoms with Gasteiger partial charge in [-0.05, 0) is 117 Å². The van der Waals surface area contributed by atoms with Gasteiger partial charge < -0.3 is 54.0 Å². The number of aliphatic hydroxyl groups is 3. The molecule has 4 N–H and O–H groups in total. The molecule has 0 bridgehead atoms. The van der Waals surface area contributed by atoms with Crippen molar-refractivity contribution in [2.45, 2.75) is 100 Å². The van der Waals surface area contributed by atoms with Crippen LogP contribution in [0.4, 0.5) is 45.3 Å². The molecule has 1 aliphatic heterocycles. The number of aromatic nitrogens is 10. The van der Waals surface area contributed by atoms with Gasteiger partial charge in [0, 0.05) is 101 Å². The standard InChI is InChI=1S/C26H28F3N5O5.C24H22BrF3N4O5.C17H16F3N3O5.C8H8Br2.C2H7N.2ClH/c1-31(2)15-17-8-10-18(11-9-17)16-34-21-22(32(3)25(37)33(23(21)36)12-5-13-35)30-24(34)38-19-6-4-7-20(14-19)39-26(27,28)29;1-30-20-19(21(34)31(23(30)35)10-3-11-33)32(14-16-8-6-15(13-25)7-9-16)22(29-20)36-17-4-2-5-18(12-17)37-24(26,27)28;1-22-14-12(15(25)23(16(22)26)6-3-7-24)9-13(21-14)27-10-4-2-5-11(8-10)28-17(18,19)20;9-5-7-1-2-8(6-10)4-3-7;1-3-2;;/h4,6-11,14,35H,5,12-13,15-16H2,1-3H3;2,4-9,12,33H,3,10-11,13-14H2,1H3;2,4-5,8,24H,3,6-7,9H2,1H3;1-4H,5-6H2;3H,1-2H3;2*1H. The second-order valence-electron chi connectivity index (χ2n) is 25.9. The molecule has 0 saturated heterocycles. The number of benzene rings is 6. The number of imidazole rings is 2. The monoisotopic (exact) mass is 1910 g/mol. The number of aliphatic hydroxyl groups excluding tert-OH is 3. The van der Waals surface area contributed by atoms with E-state index >= 15 is 0 Å². The summed E-state index contributed by atoms with van der Waals surface area (Å²) in [5.41, 5.74) is 3.21. The normalized spacial score (nSPS) is 11.6. The number of nitrogens with zero attached hydrogens (tertiary/aromatic N) is 12. The average molecular weight is 1910 g/mol. The zero-order chi connectivity index (χ0) is 85.6. The maximum Gasteiger partial charge on any atom is 0.573 e. The largest absolute Gasteiger partial charge is 0.573 e. The molecule has 0 unspecified atom stereocenters. The van der Waals surface area contributed by atoms with Crippen molar-refractivity contribution in [2.24, 2.45) is 26.1 Å². The van der Waals surface area contributed by atoms with Gasteiger partial charge in [-0.3, -0.25) is 50.9 Å². The molecule has 42 heteroatoms. The number of ether oxygens (including phenoxy) is 6. The van der Waals surface area contributed by atoms with Crippen LogP contribution in [-0.2, 0) is 82.8 Å². The number of fused-ring (bicyclic) bond motifs is 3. The van der Waals surface area contributed by atoms with Crippen LogP contribution in [0.3, 0.4) is 0 Å². The molecular formula is C77H83Br3Cl2F9N13O15. The summed E-state index contributed by atoms with van der Waals surface area (Å²) in [7, 11) is 12.0. The van der Waals surface area contributed by atoms with Gasteiger partial charge in [0.15, 0.2) is 22.3 Å². The van der Waals surface area contributed by atoms with E-state index in [2.05, 4.69) is 107 Å². The van der Waals surface area contributed by atoms with Gasteiger partial charge in [0.1, 0.15) is 40.3 Å². The van der Waals surface area contributed by atoms with E-state index in [9.17, 15) is 78.5 Å². The third-order valence-electron chi connectivity index (χ3n) is 16.7. The molecule has 119 heavy (non-hydrogen) atoms. The number of nitrogens with one attached hydrogen (secondary N) is 1. The van der Waals surface area contributed by atoms with Crippen LogP contribution in [0.1, 0.15) is 58.2 Å². The summed E-state index contributed by atoms with van der Waals surface area (Å²) in [6.45, 7) is 0.438. The molecule has 6 aromatic carbocycles. The zero-order valence-electron chi connectivity index (χ0n) is 64.6. The van der Waals surface area contributed by atoms with Crippen molar-refractivity contribution in [3.63, 3.8) is 0 Å². The first kappa shape index (κ1) is 97.8. The second-order valence-corrected chi connectivity index (χ2v) is 27.6. The van der Waals surface area contributed by atoms with E-state index in [1.807, 2.05) is 81.6 Å². The number of hydrogen-bond acceptors (Lipinski definition) is 20. The lowest BCUT2D eigenvalue weighted by atomic mass is 10.1. The number of aliphatic imine (C=N–C) groups is 1. The van der Waals surface area contributed by atoms with Crippen molar-refractivity contribution in [2.75, 3.05) is 48.0 Å². The van der Waals surface area contributed by atoms with Crippen molar-refractivity contribution < 1.29 is 83.3 Å². The van der Waals surface area contributed by atoms with Crippen molar-refractivity contribution in [1.29, 1.82) is 0 Å². The highest BCUT2D eigenvalue weighted by Gasteiger charge is 2.34. The quantitative estimate of drug-likeness (QED) is 0.0289. The number of alkyl halides is 12. The van der Waals surface area contributed by atoms with E-state index < -0.39 is 70.1 Å². The van der Waals surface area contributed by atoms with Gasteiger partial charge in [-0.15, -0.1) is 64.3 Å². The van der Waals surface area contributed by atoms with Gasteiger partial charge in [-0.25, -0.2) is 14.4 Å². The van der Waals surface area contributed by atoms with E-state index in [0.717, 1.165) is 89.6 Å². The molecule has 0 saturated carbocycles. The van der Waals surface area contributed by atoms with Crippen LogP contribution in [0, 0.1) is 0 Å². The van der Waals surface area contributed by atoms with Crippen molar-refractivity contribution >= 4 is 107 Å². The Bertz CT molecular complexity index is 5600. The van der Waals surface area contributed by atoms with Gasteiger partial charge in [-0.1, -0.05) is 139 Å². The van der Waals surface area contributed by atoms with Crippen molar-refractivity contribution in [1.82, 2.24) is 56.7 Å². The Balaban J connectivity index is 0.000000257. The topological polar surface area (TPSA) is 311 Å². The first-order valence-electron chi connectivity index (χ1n) is 35.4. The Morgan fingerprint density at radius 2 is 0.739 bits per heavy atom. The summed E-state index contributed by atoms with van der Waals surface area (Å²) in [6.07, 6.45) is -14.0. The highest BCUT2D eigenvalue weighted by molar-refractivity contribution is 9.09. The number of hydrogen-bond donors (Lipinski definition) is 4. The predicted molar refractivity (Wildman–Crippen MR) is 443 cm³/mol. The smallest absolute Gasteiger partial charge is 0.442 e. The minimum atomic E-state index is -4.89. The number of halogens is 14. The van der Waals surface area contributed by atoms with Crippen LogP contribution in [0.2, 0.25) is 0 Å². The highest BCUT2D eigenvalue weighted by atomic mass is 79.9. The Morgan fingerprint density at radius 1 is 0.437 bits per heavy atom. The van der Waals surface area contributed by atoms with Crippen LogP contribution in [0.25, 0.3) is 22.3 Å². The first-order valence-corrected chi connectivity index (χ1v) is 38.8. The molecule has 5 aromatic heterocycles. The summed E-state index contributed by atoms with van der Waals surface area (Å²) in [4.78, 5) is 92.3. The Labute approximate surface area is 710 Å². The number of rotatable bonds is 26. The zero-order valence-corrected chi connectivity index (χ0v) is 71.0. The fourth-order valence-corrected chi connectivity index (χ4v) is 12.5. The molecule has 0 atom stereocenters. The first-order chi connectivity index (χ1) is 55.5. The van der Waals surface area contributed by atoms with Gasteiger partial charge in [-0.2, -0.15) is 15.0 Å². The van der Waals surface area contributed by atoms with Crippen LogP contribution in [0.5, 0.6) is 46.5 Å². The predicted octanol–water partition coefficient (Wildman–Crippen LogP) is 12.6. The molecule has 12 rings (SSSR count). The molecule has 1 aliphatic rings. The molecule has 6 heterocycles. The highest BCUT2D eigenvalue weighted by Crippen LogP contribution is 2.34. The molecule has 0 radical (unpaired) electrons. The molecule has 0 fully saturated rings. The molecule has 0 aliphatic carbocycles. The van der Waals surface area contributed by atoms with Gasteiger partial charge >= 0.3 is 48.2 Å². The average Bonchev–Trinajstić information content (AvgIpc) is 1.61. The minimum Gasteiger partial charge on any atom is -0.442 e. The fourth-order valence-electron chi connectivity index (χ4n) is 11.4. The Hall–Kier alpha value is -10.0. The summed E-state index contributed by atoms with van der Waals surface area (Å²) in [6, 6.07) is 38.2. The maximum atomic E-state index is 13.5. The molecular weight excluding hydrogens is 1830 g/mol. The van der Waals surface area contributed by atoms with Gasteiger partial charge in [0.2, 0.25) is 5.90 Å². The lowest BCUT2D eigenvalue weighted by Crippen LogP contribution is -2.40. The summed E-state index contributed by atoms with van der Waals surface area (Å²) >= 11 is 10.2. The maximum absolute atomic E-state index is 13.5. The van der Waals surface area contributed by atoms with Crippen LogP contribution in [-0.4, -0.2) is 140 Å². The van der Waals surface area contributed by atoms with Crippen LogP contribution < -0.4 is 67.5 Å². The second kappa shape index (κ2) is 44.8. The van der Waals surface area contributed by atoms with E-state index in [-0.39, 0.29) is 172 Å². The Kier molecular flexibility index (Phi) is 36.9. The van der Waals surface area contributed by atoms with Crippen LogP contribution >= 0.6 is 72.6 Å². The molecule has 28 nitrogen and oxygen atoms in total. The van der Waals surface area contributed by atoms with Gasteiger partial charge in [0.05, 0.1) is 25.1 Å². The summed E-state index contributed by atoms with van der Waals surface area (Å²) in [5, 5.41) is 32.6. The summed E-state index contributed by atoms with van der Waals surface area (Å²) < 4.78 is 152. The minimum absolute atomic E-state index is 0. The molecule has 11 aromatic rings. The third-order valence-corrected chi connectivity index (χ3v) is 18.6. The van der Waals surface area contributed by atoms with Gasteiger partial charge in [0.25, 0.3) is 16.7 Å². The summed E-state index contributed by atoms with van der Waals surface area (Å²) in [5.74, 6) is -1.23. The third kappa shape index (κ3) is 27.2. The lowest BCUT2D eigenvalue weighted by Gasteiger charge is -2.13. The molecule has 0 spiro atoms. The van der Waals surface area contributed by atoms with E-state index in [1.165, 1.54) is 91.5 Å². The molecule has 0 amide bonds. The number of aryl methyl sites for hydroxylation is 2. The fraction of sp³-hybridized carbons (Fsp3) is 0.338. The van der Waals surface area contributed by atoms with Crippen molar-refractivity contribution in [3.05, 3.63) is 247 Å². The van der Waals surface area contributed by atoms with E-state index in [0.29, 0.717) is 5.33 Å². The van der Waals surface area contributed by atoms with E-state index in [4.69, 9.17) is 19.3 Å². The van der Waals surface area contributed by atoms with Crippen molar-refractivity contribution in [3.8, 4) is 46.5 Å². The van der Waals surface area contributed by atoms with Crippen LogP contribution in [0.15, 0.2) is 179 Å². The molecule has 644 valence electrons. The SMILES string of the molecule is BrCc1ccc(CBr)cc1.CN(C)Cc1ccc(Cn2c(Oc3cccc(OC(F)(F)F)c3)nc3c2c(=O)n(CCCO)c(=O)n3C)cc1.CNC.Cl.Cl.Cn1c(=O)n(CCCO)c(=O)c2c1nc(Oc1cccc(OC(F)(F)F)c1)n2Cc1ccc(CBr)cc1.Cn1c2c(c(=O)n(CCCO)c1=O)CC(Oc1cccc(OC(F)(F)F)c1)=N2. The Morgan fingerprint density at radius 3 is 1.06 bits per heavy atom. The lowest BCUT2D eigenvalue weighted by molar-refractivity contribution is -0.275. The van der Waals surface area contributed by atoms with E-state index in [1.54, 1.807) is 0 Å².